The summed E-state index contributed by atoms with van der Waals surface area (Å²) in [6.45, 7) is 3.01. The maximum Gasteiger partial charge on any atom is 0.305 e. The van der Waals surface area contributed by atoms with Gasteiger partial charge in [-0.25, -0.2) is 0 Å². The predicted octanol–water partition coefficient (Wildman–Crippen LogP) is 1.65. The van der Waals surface area contributed by atoms with Gasteiger partial charge in [-0.1, -0.05) is 6.42 Å². The van der Waals surface area contributed by atoms with Gasteiger partial charge in [0.1, 0.15) is 0 Å². The van der Waals surface area contributed by atoms with Crippen molar-refractivity contribution in [2.45, 2.75) is 32.6 Å². The third-order valence-electron chi connectivity index (χ3n) is 1.39. The van der Waals surface area contributed by atoms with Crippen molar-refractivity contribution < 1.29 is 9.53 Å². The standard InChI is InChI=1S/C8H17NO2.BrH/c1-2-11-8(10)6-4-3-5-7-9;/h2-7,9H2,1H3;1H. The number of esters is 1. The van der Waals surface area contributed by atoms with E-state index >= 15 is 0 Å². The highest BCUT2D eigenvalue weighted by Crippen LogP contribution is 1.99. The van der Waals surface area contributed by atoms with Crippen LogP contribution >= 0.6 is 17.0 Å². The Morgan fingerprint density at radius 3 is 2.50 bits per heavy atom. The molecule has 0 rings (SSSR count). The summed E-state index contributed by atoms with van der Waals surface area (Å²) in [6.07, 6.45) is 3.46. The van der Waals surface area contributed by atoms with E-state index in [0.29, 0.717) is 19.6 Å². The van der Waals surface area contributed by atoms with Crippen LogP contribution in [-0.4, -0.2) is 19.1 Å². The fraction of sp³-hybridized carbons (Fsp3) is 0.875. The maximum absolute atomic E-state index is 10.8. The van der Waals surface area contributed by atoms with E-state index in [2.05, 4.69) is 0 Å². The average Bonchev–Trinajstić information content (AvgIpc) is 1.99. The largest absolute Gasteiger partial charge is 0.466 e. The molecule has 0 spiro atoms. The number of halogens is 1. The maximum atomic E-state index is 10.8. The fourth-order valence-electron chi connectivity index (χ4n) is 0.824. The third-order valence-corrected chi connectivity index (χ3v) is 1.39. The van der Waals surface area contributed by atoms with Gasteiger partial charge >= 0.3 is 5.97 Å². The van der Waals surface area contributed by atoms with Crippen LogP contribution in [0.15, 0.2) is 0 Å². The van der Waals surface area contributed by atoms with Gasteiger partial charge in [-0.15, -0.1) is 17.0 Å². The van der Waals surface area contributed by atoms with Gasteiger partial charge in [0.2, 0.25) is 0 Å². The summed E-state index contributed by atoms with van der Waals surface area (Å²) in [5, 5.41) is 0. The van der Waals surface area contributed by atoms with Crippen molar-refractivity contribution in [2.24, 2.45) is 5.73 Å². The molecule has 0 aromatic rings. The monoisotopic (exact) mass is 239 g/mol. The summed E-state index contributed by atoms with van der Waals surface area (Å²) in [6, 6.07) is 0. The van der Waals surface area contributed by atoms with Crippen molar-refractivity contribution in [2.75, 3.05) is 13.2 Å². The molecule has 0 bridgehead atoms. The Hall–Kier alpha value is -0.0900. The highest BCUT2D eigenvalue weighted by Gasteiger charge is 1.99. The van der Waals surface area contributed by atoms with Crippen molar-refractivity contribution in [3.63, 3.8) is 0 Å². The molecule has 0 aromatic heterocycles. The van der Waals surface area contributed by atoms with Gasteiger partial charge in [0.05, 0.1) is 6.61 Å². The molecule has 0 radical (unpaired) electrons. The summed E-state index contributed by atoms with van der Waals surface area (Å²) in [5.74, 6) is -0.0930. The number of carbonyl (C=O) groups is 1. The second kappa shape index (κ2) is 10.9. The summed E-state index contributed by atoms with van der Waals surface area (Å²) >= 11 is 0. The van der Waals surface area contributed by atoms with E-state index in [4.69, 9.17) is 10.5 Å². The summed E-state index contributed by atoms with van der Waals surface area (Å²) in [4.78, 5) is 10.8. The van der Waals surface area contributed by atoms with Crippen LogP contribution < -0.4 is 5.73 Å². The minimum absolute atomic E-state index is 0. The first-order valence-electron chi connectivity index (χ1n) is 4.17. The highest BCUT2D eigenvalue weighted by atomic mass is 79.9. The molecule has 0 aliphatic heterocycles. The van der Waals surface area contributed by atoms with E-state index in [-0.39, 0.29) is 23.0 Å². The quantitative estimate of drug-likeness (QED) is 0.567. The molecular formula is C8H18BrNO2. The molecular weight excluding hydrogens is 222 g/mol. The molecule has 0 aliphatic carbocycles. The van der Waals surface area contributed by atoms with Crippen LogP contribution in [0, 0.1) is 0 Å². The first-order chi connectivity index (χ1) is 5.31. The lowest BCUT2D eigenvalue weighted by atomic mass is 10.2. The average molecular weight is 240 g/mol. The van der Waals surface area contributed by atoms with E-state index in [1.807, 2.05) is 6.92 Å². The molecule has 0 heterocycles. The molecule has 0 atom stereocenters. The molecule has 0 aromatic carbocycles. The van der Waals surface area contributed by atoms with E-state index in [0.717, 1.165) is 19.3 Å². The Kier molecular flexibility index (Phi) is 13.1. The highest BCUT2D eigenvalue weighted by molar-refractivity contribution is 8.93. The predicted molar refractivity (Wildman–Crippen MR) is 54.5 cm³/mol. The molecule has 0 saturated heterocycles. The number of hydrogen-bond donors (Lipinski definition) is 1. The van der Waals surface area contributed by atoms with Crippen LogP contribution in [-0.2, 0) is 9.53 Å². The Labute approximate surface area is 84.4 Å². The molecule has 12 heavy (non-hydrogen) atoms. The number of carbonyl (C=O) groups excluding carboxylic acids is 1. The van der Waals surface area contributed by atoms with Gasteiger partial charge in [-0.05, 0) is 26.3 Å². The third kappa shape index (κ3) is 9.91. The van der Waals surface area contributed by atoms with Crippen molar-refractivity contribution in [3.05, 3.63) is 0 Å². The van der Waals surface area contributed by atoms with Crippen LogP contribution in [0.4, 0.5) is 0 Å². The van der Waals surface area contributed by atoms with Crippen LogP contribution in [0.3, 0.4) is 0 Å². The lowest BCUT2D eigenvalue weighted by Gasteiger charge is -2.00. The summed E-state index contributed by atoms with van der Waals surface area (Å²) in [5.41, 5.74) is 5.29. The SMILES string of the molecule is Br.CCOC(=O)CCCCCN. The zero-order valence-corrected chi connectivity index (χ0v) is 9.26. The summed E-state index contributed by atoms with van der Waals surface area (Å²) in [7, 11) is 0. The summed E-state index contributed by atoms with van der Waals surface area (Å²) < 4.78 is 4.75. The van der Waals surface area contributed by atoms with Gasteiger partial charge in [-0.3, -0.25) is 4.79 Å². The van der Waals surface area contributed by atoms with Gasteiger partial charge in [0, 0.05) is 6.42 Å². The lowest BCUT2D eigenvalue weighted by Crippen LogP contribution is -2.04. The molecule has 0 unspecified atom stereocenters. The van der Waals surface area contributed by atoms with Gasteiger partial charge in [0.25, 0.3) is 0 Å². The Balaban J connectivity index is 0. The Morgan fingerprint density at radius 2 is 2.00 bits per heavy atom. The zero-order chi connectivity index (χ0) is 8.53. The minimum atomic E-state index is -0.0930. The Morgan fingerprint density at radius 1 is 1.33 bits per heavy atom. The van der Waals surface area contributed by atoms with Gasteiger partial charge < -0.3 is 10.5 Å². The van der Waals surface area contributed by atoms with Crippen LogP contribution in [0.5, 0.6) is 0 Å². The minimum Gasteiger partial charge on any atom is -0.466 e. The van der Waals surface area contributed by atoms with E-state index in [1.54, 1.807) is 0 Å². The fourth-order valence-corrected chi connectivity index (χ4v) is 0.824. The molecule has 0 amide bonds. The number of ether oxygens (including phenoxy) is 1. The second-order valence-corrected chi connectivity index (χ2v) is 2.40. The first-order valence-corrected chi connectivity index (χ1v) is 4.17. The smallest absolute Gasteiger partial charge is 0.305 e. The lowest BCUT2D eigenvalue weighted by molar-refractivity contribution is -0.143. The van der Waals surface area contributed by atoms with Crippen LogP contribution in [0.2, 0.25) is 0 Å². The van der Waals surface area contributed by atoms with Crippen molar-refractivity contribution >= 4 is 23.0 Å². The number of rotatable bonds is 6. The van der Waals surface area contributed by atoms with Gasteiger partial charge in [-0.2, -0.15) is 0 Å². The van der Waals surface area contributed by atoms with Crippen LogP contribution in [0.25, 0.3) is 0 Å². The molecule has 0 aliphatic rings. The molecule has 74 valence electrons. The Bertz CT molecular complexity index is 109. The van der Waals surface area contributed by atoms with Crippen LogP contribution in [0.1, 0.15) is 32.6 Å². The van der Waals surface area contributed by atoms with E-state index in [1.165, 1.54) is 0 Å². The van der Waals surface area contributed by atoms with Crippen molar-refractivity contribution in [1.82, 2.24) is 0 Å². The molecule has 0 saturated carbocycles. The second-order valence-electron chi connectivity index (χ2n) is 2.40. The molecule has 0 fully saturated rings. The van der Waals surface area contributed by atoms with E-state index < -0.39 is 0 Å². The zero-order valence-electron chi connectivity index (χ0n) is 7.54. The molecule has 2 N–H and O–H groups in total. The number of unbranched alkanes of at least 4 members (excludes halogenated alkanes) is 2. The van der Waals surface area contributed by atoms with Crippen molar-refractivity contribution in [1.29, 1.82) is 0 Å². The number of hydrogen-bond acceptors (Lipinski definition) is 3. The topological polar surface area (TPSA) is 52.3 Å². The van der Waals surface area contributed by atoms with E-state index in [9.17, 15) is 4.79 Å². The normalized spacial score (nSPS) is 8.83. The molecule has 3 nitrogen and oxygen atoms in total. The van der Waals surface area contributed by atoms with Crippen molar-refractivity contribution in [3.8, 4) is 0 Å². The number of nitrogens with two attached hydrogens (primary N) is 1. The first kappa shape index (κ1) is 14.4. The van der Waals surface area contributed by atoms with Gasteiger partial charge in [0.15, 0.2) is 0 Å². The molecule has 4 heteroatoms.